The lowest BCUT2D eigenvalue weighted by Gasteiger charge is -2.35. The summed E-state index contributed by atoms with van der Waals surface area (Å²) in [5.41, 5.74) is -0.362. The van der Waals surface area contributed by atoms with Crippen molar-refractivity contribution in [2.45, 2.75) is 12.5 Å². The molecule has 1 N–H and O–H groups in total. The normalized spacial score (nSPS) is 17.6. The molecule has 0 aromatic heterocycles. The van der Waals surface area contributed by atoms with Gasteiger partial charge in [0.05, 0.1) is 6.67 Å². The maximum absolute atomic E-state index is 13.8. The lowest BCUT2D eigenvalue weighted by Crippen LogP contribution is -2.45. The van der Waals surface area contributed by atoms with Crippen LogP contribution in [0, 0.1) is 17.5 Å². The van der Waals surface area contributed by atoms with Crippen LogP contribution in [0.15, 0.2) is 12.1 Å². The van der Waals surface area contributed by atoms with Crippen molar-refractivity contribution in [2.75, 3.05) is 32.9 Å². The predicted molar refractivity (Wildman–Crippen MR) is 71.3 cm³/mol. The third kappa shape index (κ3) is 3.62. The van der Waals surface area contributed by atoms with Crippen molar-refractivity contribution in [3.8, 4) is 0 Å². The van der Waals surface area contributed by atoms with Gasteiger partial charge in [-0.15, -0.1) is 12.4 Å². The minimum Gasteiger partial charge on any atom is -0.314 e. The number of nitrogens with one attached hydrogen (secondary N) is 1. The van der Waals surface area contributed by atoms with E-state index in [1.54, 1.807) is 4.90 Å². The summed E-state index contributed by atoms with van der Waals surface area (Å²) in [6.45, 7) is 1.74. The molecule has 20 heavy (non-hydrogen) atoms. The quantitative estimate of drug-likeness (QED) is 0.679. The second-order valence-electron chi connectivity index (χ2n) is 4.54. The van der Waals surface area contributed by atoms with Crippen LogP contribution in [0.3, 0.4) is 0 Å². The first-order chi connectivity index (χ1) is 9.15. The molecule has 0 aliphatic carbocycles. The summed E-state index contributed by atoms with van der Waals surface area (Å²) in [6.07, 6.45) is -0.0444. The van der Waals surface area contributed by atoms with Gasteiger partial charge < -0.3 is 5.32 Å². The van der Waals surface area contributed by atoms with Crippen molar-refractivity contribution in [2.24, 2.45) is 0 Å². The van der Waals surface area contributed by atoms with Gasteiger partial charge in [0.2, 0.25) is 0 Å². The topological polar surface area (TPSA) is 15.3 Å². The van der Waals surface area contributed by atoms with E-state index in [1.807, 2.05) is 0 Å². The van der Waals surface area contributed by atoms with Gasteiger partial charge >= 0.3 is 0 Å². The zero-order chi connectivity index (χ0) is 13.8. The van der Waals surface area contributed by atoms with Gasteiger partial charge in [-0.25, -0.2) is 13.2 Å². The molecule has 2 rings (SSSR count). The van der Waals surface area contributed by atoms with Crippen molar-refractivity contribution < 1.29 is 17.6 Å². The van der Waals surface area contributed by atoms with Gasteiger partial charge in [-0.3, -0.25) is 9.29 Å². The molecular weight excluding hydrogens is 296 g/mol. The smallest absolute Gasteiger partial charge is 0.166 e. The Morgan fingerprint density at radius 2 is 1.70 bits per heavy atom. The average Bonchev–Trinajstić information content (AvgIpc) is 2.43. The van der Waals surface area contributed by atoms with Crippen molar-refractivity contribution in [1.29, 1.82) is 0 Å². The van der Waals surface area contributed by atoms with Crippen molar-refractivity contribution in [3.63, 3.8) is 0 Å². The number of hydrogen-bond donors (Lipinski definition) is 1. The zero-order valence-corrected chi connectivity index (χ0v) is 11.7. The standard InChI is InChI=1S/C13H16F4N2.ClH/c14-4-3-11(19-7-5-18-6-8-19)12-9(15)1-2-10(16)13(12)17;/h1-2,11,18H,3-8H2;1H/t11-;/m1./s1. The molecule has 1 saturated heterocycles. The predicted octanol–water partition coefficient (Wildman–Crippen LogP) is 2.83. The van der Waals surface area contributed by atoms with Crippen LogP contribution in [0.5, 0.6) is 0 Å². The summed E-state index contributed by atoms with van der Waals surface area (Å²) < 4.78 is 53.5. The van der Waals surface area contributed by atoms with E-state index in [9.17, 15) is 17.6 Å². The molecule has 1 atom stereocenters. The van der Waals surface area contributed by atoms with Crippen LogP contribution in [0.1, 0.15) is 18.0 Å². The third-order valence-corrected chi connectivity index (χ3v) is 3.39. The molecule has 0 saturated carbocycles. The highest BCUT2D eigenvalue weighted by Crippen LogP contribution is 2.30. The Hall–Kier alpha value is -0.850. The van der Waals surface area contributed by atoms with Gasteiger partial charge in [-0.1, -0.05) is 0 Å². The average molecular weight is 313 g/mol. The van der Waals surface area contributed by atoms with Crippen molar-refractivity contribution >= 4 is 12.4 Å². The first-order valence-electron chi connectivity index (χ1n) is 6.29. The van der Waals surface area contributed by atoms with Gasteiger partial charge in [-0.05, 0) is 18.6 Å². The molecule has 114 valence electrons. The number of piperazine rings is 1. The molecule has 1 aromatic rings. The highest BCUT2D eigenvalue weighted by molar-refractivity contribution is 5.85. The molecule has 0 radical (unpaired) electrons. The first-order valence-corrected chi connectivity index (χ1v) is 6.29. The fraction of sp³-hybridized carbons (Fsp3) is 0.538. The Morgan fingerprint density at radius 1 is 1.10 bits per heavy atom. The number of alkyl halides is 1. The van der Waals surface area contributed by atoms with Gasteiger partial charge in [-0.2, -0.15) is 0 Å². The minimum atomic E-state index is -1.21. The lowest BCUT2D eigenvalue weighted by atomic mass is 10.00. The number of rotatable bonds is 4. The number of hydrogen-bond acceptors (Lipinski definition) is 2. The van der Waals surface area contributed by atoms with Crippen LogP contribution in [-0.2, 0) is 0 Å². The van der Waals surface area contributed by atoms with E-state index in [-0.39, 0.29) is 24.4 Å². The third-order valence-electron chi connectivity index (χ3n) is 3.39. The highest BCUT2D eigenvalue weighted by atomic mass is 35.5. The molecule has 7 heteroatoms. The largest absolute Gasteiger partial charge is 0.314 e. The molecule has 0 spiro atoms. The Morgan fingerprint density at radius 3 is 2.30 bits per heavy atom. The van der Waals surface area contributed by atoms with Crippen molar-refractivity contribution in [3.05, 3.63) is 35.1 Å². The van der Waals surface area contributed by atoms with Crippen LogP contribution in [0.4, 0.5) is 17.6 Å². The molecule has 0 bridgehead atoms. The number of nitrogens with zero attached hydrogens (tertiary/aromatic N) is 1. The lowest BCUT2D eigenvalue weighted by molar-refractivity contribution is 0.150. The molecular formula is C13H17ClF4N2. The molecule has 0 amide bonds. The Labute approximate surface area is 121 Å². The second kappa shape index (κ2) is 7.81. The van der Waals surface area contributed by atoms with Crippen LogP contribution in [0.25, 0.3) is 0 Å². The molecule has 0 unspecified atom stereocenters. The summed E-state index contributed by atoms with van der Waals surface area (Å²) in [4.78, 5) is 1.79. The highest BCUT2D eigenvalue weighted by Gasteiger charge is 2.28. The molecule has 1 heterocycles. The van der Waals surface area contributed by atoms with E-state index in [2.05, 4.69) is 5.32 Å². The monoisotopic (exact) mass is 312 g/mol. The SMILES string of the molecule is Cl.FCC[C@H](c1c(F)ccc(F)c1F)N1CCNCC1. The Balaban J connectivity index is 0.00000200. The molecule has 1 aromatic carbocycles. The fourth-order valence-electron chi connectivity index (χ4n) is 2.45. The van der Waals surface area contributed by atoms with Crippen LogP contribution >= 0.6 is 12.4 Å². The van der Waals surface area contributed by atoms with Crippen LogP contribution in [-0.4, -0.2) is 37.8 Å². The molecule has 1 fully saturated rings. The summed E-state index contributed by atoms with van der Waals surface area (Å²) in [6, 6.07) is 0.877. The Bertz CT molecular complexity index is 439. The van der Waals surface area contributed by atoms with Crippen LogP contribution in [0.2, 0.25) is 0 Å². The van der Waals surface area contributed by atoms with Crippen molar-refractivity contribution in [1.82, 2.24) is 10.2 Å². The van der Waals surface area contributed by atoms with E-state index >= 15 is 0 Å². The van der Waals surface area contributed by atoms with E-state index in [0.717, 1.165) is 12.1 Å². The summed E-state index contributed by atoms with van der Waals surface area (Å²) in [7, 11) is 0. The van der Waals surface area contributed by atoms with Gasteiger partial charge in [0.15, 0.2) is 11.6 Å². The van der Waals surface area contributed by atoms with E-state index in [0.29, 0.717) is 26.2 Å². The van der Waals surface area contributed by atoms with Gasteiger partial charge in [0, 0.05) is 37.8 Å². The van der Waals surface area contributed by atoms with Gasteiger partial charge in [0.25, 0.3) is 0 Å². The second-order valence-corrected chi connectivity index (χ2v) is 4.54. The maximum Gasteiger partial charge on any atom is 0.166 e. The maximum atomic E-state index is 13.8. The first kappa shape index (κ1) is 17.2. The number of benzene rings is 1. The van der Waals surface area contributed by atoms with Gasteiger partial charge in [0.1, 0.15) is 5.82 Å². The van der Waals surface area contributed by atoms with E-state index < -0.39 is 30.2 Å². The molecule has 1 aliphatic heterocycles. The van der Waals surface area contributed by atoms with E-state index in [1.165, 1.54) is 0 Å². The zero-order valence-electron chi connectivity index (χ0n) is 10.8. The minimum absolute atomic E-state index is 0. The Kier molecular flexibility index (Phi) is 6.71. The summed E-state index contributed by atoms with van der Waals surface area (Å²) in [5, 5.41) is 3.11. The number of halogens is 5. The molecule has 2 nitrogen and oxygen atoms in total. The summed E-state index contributed by atoms with van der Waals surface area (Å²) >= 11 is 0. The summed E-state index contributed by atoms with van der Waals surface area (Å²) in [5.74, 6) is -3.14. The molecule has 1 aliphatic rings. The van der Waals surface area contributed by atoms with Crippen LogP contribution < -0.4 is 5.32 Å². The fourth-order valence-corrected chi connectivity index (χ4v) is 2.45. The van der Waals surface area contributed by atoms with E-state index in [4.69, 9.17) is 0 Å².